The van der Waals surface area contributed by atoms with Gasteiger partial charge in [0.2, 0.25) is 11.9 Å². The minimum Gasteiger partial charge on any atom is -0.365 e. The molecule has 17 nitrogen and oxygen atoms in total. The van der Waals surface area contributed by atoms with E-state index in [9.17, 15) is 52.8 Å². The lowest BCUT2D eigenvalue weighted by Gasteiger charge is -2.42. The van der Waals surface area contributed by atoms with E-state index in [1.165, 1.54) is 36.4 Å². The van der Waals surface area contributed by atoms with Gasteiger partial charge in [-0.1, -0.05) is 24.3 Å². The molecule has 0 aliphatic carbocycles. The first-order valence-corrected chi connectivity index (χ1v) is 27.6. The molecule has 1 aliphatic rings. The maximum Gasteiger partial charge on any atom is 0.421 e. The lowest BCUT2D eigenvalue weighted by molar-refractivity contribution is -0.138. The van der Waals surface area contributed by atoms with Crippen molar-refractivity contribution in [2.24, 2.45) is 0 Å². The van der Waals surface area contributed by atoms with Crippen molar-refractivity contribution in [3.8, 4) is 0 Å². The molecule has 0 bridgehead atoms. The molecule has 0 atom stereocenters. The quantitative estimate of drug-likeness (QED) is 0.0641. The second-order valence-electron chi connectivity index (χ2n) is 20.0. The number of hydrogen-bond acceptors (Lipinski definition) is 15. The average molecular weight is 1110 g/mol. The van der Waals surface area contributed by atoms with Crippen molar-refractivity contribution in [3.05, 3.63) is 143 Å². The van der Waals surface area contributed by atoms with Crippen LogP contribution < -0.4 is 26.6 Å². The van der Waals surface area contributed by atoms with Crippen LogP contribution in [0.2, 0.25) is 0 Å². The van der Waals surface area contributed by atoms with Crippen LogP contribution in [0.5, 0.6) is 0 Å². The second kappa shape index (κ2) is 23.5. The molecule has 2 aromatic heterocycles. The van der Waals surface area contributed by atoms with E-state index in [0.29, 0.717) is 59.1 Å². The first kappa shape index (κ1) is 58.9. The number of amides is 2. The molecule has 0 saturated carbocycles. The number of alkyl halides is 6. The number of carbonyl (C=O) groups excluding carboxylic acids is 2. The van der Waals surface area contributed by atoms with Gasteiger partial charge < -0.3 is 31.5 Å². The fraction of sp³-hybridized carbons (Fsp3) is 0.346. The van der Waals surface area contributed by atoms with Crippen molar-refractivity contribution in [2.45, 2.75) is 87.9 Å². The van der Waals surface area contributed by atoms with E-state index in [-0.39, 0.29) is 52.1 Å². The van der Waals surface area contributed by atoms with Crippen molar-refractivity contribution in [3.63, 3.8) is 0 Å². The van der Waals surface area contributed by atoms with E-state index in [0.717, 1.165) is 25.6 Å². The molecule has 7 rings (SSSR count). The molecule has 4 aromatic carbocycles. The summed E-state index contributed by atoms with van der Waals surface area (Å²) in [5.41, 5.74) is 0.321. The summed E-state index contributed by atoms with van der Waals surface area (Å²) in [6, 6.07) is 24.7. The number of nitrogens with zero attached hydrogens (tertiary/aromatic N) is 6. The molecule has 0 unspecified atom stereocenters. The first-order valence-electron chi connectivity index (χ1n) is 23.8. The van der Waals surface area contributed by atoms with Crippen LogP contribution in [0.1, 0.15) is 84.5 Å². The second-order valence-corrected chi connectivity index (χ2v) is 24.0. The number of halogens is 6. The Hall–Kier alpha value is -7.38. The molecule has 2 amide bonds. The minimum absolute atomic E-state index is 0.0432. The van der Waals surface area contributed by atoms with Gasteiger partial charge in [-0.15, -0.1) is 0 Å². The van der Waals surface area contributed by atoms with E-state index >= 15 is 0 Å². The SMILES string of the molecule is CC(C)(C)N1CCN(C(=O)c2ccc(Nc3ncc(C(F)(F)F)c(NCc4cccc(S(C)(=O)=O)c4)n3)cc2)CC1.CC(C)(C)NC(=O)c1ccc(Nc2ncc(C(F)(F)F)c(NCc3cccc(S(C)(=O)=O)c3)n2)cc1. The monoisotopic (exact) mass is 1110 g/mol. The highest BCUT2D eigenvalue weighted by Gasteiger charge is 2.37. The third-order valence-corrected chi connectivity index (χ3v) is 13.8. The highest BCUT2D eigenvalue weighted by Crippen LogP contribution is 2.36. The van der Waals surface area contributed by atoms with Gasteiger partial charge in [0.1, 0.15) is 22.8 Å². The lowest BCUT2D eigenvalue weighted by Crippen LogP contribution is -2.54. The summed E-state index contributed by atoms with van der Waals surface area (Å²) < 4.78 is 129. The molecule has 0 radical (unpaired) electrons. The zero-order valence-electron chi connectivity index (χ0n) is 43.4. The van der Waals surface area contributed by atoms with E-state index in [1.807, 2.05) is 25.7 Å². The van der Waals surface area contributed by atoms with Crippen molar-refractivity contribution in [1.29, 1.82) is 0 Å². The third kappa shape index (κ3) is 17.1. The van der Waals surface area contributed by atoms with E-state index < -0.39 is 60.3 Å². The van der Waals surface area contributed by atoms with Crippen molar-refractivity contribution in [1.82, 2.24) is 35.1 Å². The van der Waals surface area contributed by atoms with Gasteiger partial charge in [0.25, 0.3) is 11.8 Å². The molecule has 6 aromatic rings. The molecule has 412 valence electrons. The third-order valence-electron chi connectivity index (χ3n) is 11.6. The molecule has 1 fully saturated rings. The highest BCUT2D eigenvalue weighted by atomic mass is 32.2. The number of piperazine rings is 1. The molecule has 77 heavy (non-hydrogen) atoms. The standard InChI is InChI=1S/C28H33F3N6O3S.C24H26F3N5O3S/c1-27(2,3)37-14-12-36(13-15-37)25(38)20-8-10-21(11-9-20)34-26-33-18-23(28(29,30)31)24(35-26)32-17-19-6-5-7-22(16-19)41(4,39)40;1-23(2,3)32-21(33)16-8-10-17(11-9-16)30-22-29-14-19(24(25,26)27)20(31-22)28-13-15-6-5-7-18(12-15)36(4,34)35/h5-11,16,18H,12-15,17H2,1-4H3,(H2,32,33,34,35);5-12,14H,13H2,1-4H3,(H,32,33)(H2,28,29,30,31). The Bertz CT molecular complexity index is 3290. The van der Waals surface area contributed by atoms with Crippen LogP contribution in [0.4, 0.5) is 61.2 Å². The molecule has 1 aliphatic heterocycles. The lowest BCUT2D eigenvalue weighted by atomic mass is 10.0. The van der Waals surface area contributed by atoms with Gasteiger partial charge in [-0.25, -0.2) is 26.8 Å². The number of anilines is 6. The van der Waals surface area contributed by atoms with Gasteiger partial charge in [-0.2, -0.15) is 36.3 Å². The molecular weight excluding hydrogens is 1050 g/mol. The van der Waals surface area contributed by atoms with Crippen molar-refractivity contribution >= 4 is 66.4 Å². The minimum atomic E-state index is -4.71. The molecule has 25 heteroatoms. The summed E-state index contributed by atoms with van der Waals surface area (Å²) in [4.78, 5) is 45.1. The van der Waals surface area contributed by atoms with Crippen molar-refractivity contribution < 1.29 is 52.8 Å². The maximum atomic E-state index is 13.6. The van der Waals surface area contributed by atoms with Crippen LogP contribution in [0.3, 0.4) is 0 Å². The largest absolute Gasteiger partial charge is 0.421 e. The smallest absolute Gasteiger partial charge is 0.365 e. The maximum absolute atomic E-state index is 13.6. The molecule has 1 saturated heterocycles. The molecule has 5 N–H and O–H groups in total. The fourth-order valence-electron chi connectivity index (χ4n) is 7.55. The van der Waals surface area contributed by atoms with E-state index in [1.54, 1.807) is 60.7 Å². The number of benzene rings is 4. The van der Waals surface area contributed by atoms with Gasteiger partial charge in [0.15, 0.2) is 19.7 Å². The van der Waals surface area contributed by atoms with Crippen LogP contribution in [-0.2, 0) is 45.1 Å². The Morgan fingerprint density at radius 3 is 1.34 bits per heavy atom. The summed E-state index contributed by atoms with van der Waals surface area (Å²) in [7, 11) is -6.94. The van der Waals surface area contributed by atoms with Crippen LogP contribution in [-0.4, -0.2) is 108 Å². The van der Waals surface area contributed by atoms with E-state index in [4.69, 9.17) is 0 Å². The Morgan fingerprint density at radius 2 is 0.974 bits per heavy atom. The number of carbonyl (C=O) groups is 2. The average Bonchev–Trinajstić information content (AvgIpc) is 3.34. The Morgan fingerprint density at radius 1 is 0.571 bits per heavy atom. The van der Waals surface area contributed by atoms with Gasteiger partial charge in [-0.3, -0.25) is 14.5 Å². The number of aromatic nitrogens is 4. The van der Waals surface area contributed by atoms with E-state index in [2.05, 4.69) is 72.2 Å². The predicted molar refractivity (Wildman–Crippen MR) is 282 cm³/mol. The summed E-state index contributed by atoms with van der Waals surface area (Å²) in [6.07, 6.45) is -5.98. The summed E-state index contributed by atoms with van der Waals surface area (Å²) >= 11 is 0. The summed E-state index contributed by atoms with van der Waals surface area (Å²) in [5.74, 6) is -1.44. The van der Waals surface area contributed by atoms with Crippen LogP contribution in [0, 0.1) is 0 Å². The van der Waals surface area contributed by atoms with Crippen LogP contribution in [0.25, 0.3) is 0 Å². The number of nitrogens with one attached hydrogen (secondary N) is 5. The van der Waals surface area contributed by atoms with Crippen molar-refractivity contribution in [2.75, 3.05) is 60.0 Å². The zero-order valence-corrected chi connectivity index (χ0v) is 45.0. The highest BCUT2D eigenvalue weighted by molar-refractivity contribution is 7.91. The number of rotatable bonds is 14. The fourth-order valence-corrected chi connectivity index (χ4v) is 8.93. The molecule has 3 heterocycles. The van der Waals surface area contributed by atoms with Gasteiger partial charge in [0.05, 0.1) is 9.79 Å². The molecule has 0 spiro atoms. The van der Waals surface area contributed by atoms with Crippen LogP contribution in [0.15, 0.2) is 119 Å². The first-order chi connectivity index (χ1) is 35.7. The topological polar surface area (TPSA) is 221 Å². The predicted octanol–water partition coefficient (Wildman–Crippen LogP) is 9.59. The normalized spacial score (nSPS) is 13.7. The summed E-state index contributed by atoms with van der Waals surface area (Å²) in [6.45, 7) is 14.7. The number of hydrogen-bond donors (Lipinski definition) is 5. The Kier molecular flexibility index (Phi) is 17.9. The van der Waals surface area contributed by atoms with Gasteiger partial charge in [0, 0.05) is 97.8 Å². The van der Waals surface area contributed by atoms with Crippen LogP contribution >= 0.6 is 0 Å². The van der Waals surface area contributed by atoms with Gasteiger partial charge >= 0.3 is 12.4 Å². The Labute approximate surface area is 443 Å². The Balaban J connectivity index is 0.000000252. The molecular formula is C52H59F6N11O6S2. The number of sulfone groups is 2. The van der Waals surface area contributed by atoms with Gasteiger partial charge in [-0.05, 0) is 125 Å². The summed E-state index contributed by atoms with van der Waals surface area (Å²) in [5, 5.41) is 13.8. The zero-order chi connectivity index (χ0) is 56.7.